The molecule has 0 bridgehead atoms. The van der Waals surface area contributed by atoms with E-state index < -0.39 is 0 Å². The molecule has 2 aliphatic rings. The molecule has 0 fully saturated rings. The molecule has 0 N–H and O–H groups in total. The molecule has 3 heterocycles. The van der Waals surface area contributed by atoms with Crippen LogP contribution in [-0.4, -0.2) is 4.57 Å². The summed E-state index contributed by atoms with van der Waals surface area (Å²) in [5.74, 6) is 1.09. The van der Waals surface area contributed by atoms with Gasteiger partial charge in [0.1, 0.15) is 22.5 Å². The van der Waals surface area contributed by atoms with Crippen LogP contribution in [0, 0.1) is 0 Å². The Labute approximate surface area is 370 Å². The Morgan fingerprint density at radius 2 is 0.984 bits per heavy atom. The Bertz CT molecular complexity index is 3690. The van der Waals surface area contributed by atoms with E-state index in [2.05, 4.69) is 210 Å². The maximum absolute atomic E-state index is 6.23. The molecule has 11 aromatic rings. The number of aromatic nitrogens is 1. The number of fused-ring (bicyclic) bond motifs is 9. The third kappa shape index (κ3) is 6.06. The van der Waals surface area contributed by atoms with Crippen LogP contribution in [-0.2, 0) is 6.42 Å². The van der Waals surface area contributed by atoms with Crippen LogP contribution in [0.2, 0.25) is 0 Å². The van der Waals surface area contributed by atoms with Gasteiger partial charge in [0.15, 0.2) is 0 Å². The van der Waals surface area contributed by atoms with Gasteiger partial charge in [0.2, 0.25) is 0 Å². The number of para-hydroxylation sites is 2. The van der Waals surface area contributed by atoms with E-state index in [9.17, 15) is 0 Å². The molecule has 2 aliphatic carbocycles. The van der Waals surface area contributed by atoms with Crippen molar-refractivity contribution in [3.63, 3.8) is 0 Å². The van der Waals surface area contributed by atoms with Gasteiger partial charge in [-0.1, -0.05) is 127 Å². The summed E-state index contributed by atoms with van der Waals surface area (Å²) in [6.45, 7) is 0. The highest BCUT2D eigenvalue weighted by Crippen LogP contribution is 2.41. The first-order valence-electron chi connectivity index (χ1n) is 22.3. The minimum absolute atomic E-state index is 0.301. The molecular weight excluding hydrogens is 781 g/mol. The van der Waals surface area contributed by atoms with E-state index in [0.29, 0.717) is 6.04 Å². The molecule has 0 saturated carbocycles. The van der Waals surface area contributed by atoms with Gasteiger partial charge in [-0.05, 0) is 131 Å². The van der Waals surface area contributed by atoms with Gasteiger partial charge in [0.05, 0.1) is 6.04 Å². The lowest BCUT2D eigenvalue weighted by Crippen LogP contribution is -2.09. The standard InChI is InChI=1S/C60H42N2O2/c1-2-10-45(11-3-1)62-55-15-7-4-12-49(55)52-36-42(24-33-56(52)62)39-18-27-46(28-19-39)61(47-29-20-40(21-30-47)43-25-34-59-53(37-43)50-13-5-8-16-57(50)63-59)48-31-22-41(23-32-48)44-26-35-60-54(38-44)51-14-6-9-17-58(51)64-60/h1-8,10,12-16,18-38,45H,9,11,17H2. The van der Waals surface area contributed by atoms with E-state index in [1.807, 2.05) is 12.1 Å². The van der Waals surface area contributed by atoms with Gasteiger partial charge in [-0.25, -0.2) is 0 Å². The number of benzene rings is 8. The highest BCUT2D eigenvalue weighted by atomic mass is 16.3. The molecular formula is C60H42N2O2. The van der Waals surface area contributed by atoms with E-state index in [-0.39, 0.29) is 0 Å². The van der Waals surface area contributed by atoms with Gasteiger partial charge in [0, 0.05) is 67.0 Å². The van der Waals surface area contributed by atoms with Crippen molar-refractivity contribution < 1.29 is 8.83 Å². The lowest BCUT2D eigenvalue weighted by molar-refractivity contribution is 0.546. The maximum Gasteiger partial charge on any atom is 0.135 e. The van der Waals surface area contributed by atoms with E-state index in [0.717, 1.165) is 80.7 Å². The second-order valence-corrected chi connectivity index (χ2v) is 17.1. The SMILES string of the molecule is C1=CCC(n2c3ccccc3c3cc(-c4ccc(N(c5ccc(-c6ccc7oc8c(c7c6)C=CCC8)cc5)c5ccc(-c6ccc7oc8ccccc8c7c6)cc5)cc4)ccc32)C=C1. The van der Waals surface area contributed by atoms with Crippen LogP contribution in [0.5, 0.6) is 0 Å². The average molecular weight is 823 g/mol. The minimum atomic E-state index is 0.301. The van der Waals surface area contributed by atoms with Gasteiger partial charge < -0.3 is 18.3 Å². The van der Waals surface area contributed by atoms with Crippen LogP contribution in [0.4, 0.5) is 17.1 Å². The Morgan fingerprint density at radius 1 is 0.438 bits per heavy atom. The Balaban J connectivity index is 0.872. The summed E-state index contributed by atoms with van der Waals surface area (Å²) in [6, 6.07) is 64.3. The minimum Gasteiger partial charge on any atom is -0.460 e. The largest absolute Gasteiger partial charge is 0.460 e. The number of anilines is 3. The van der Waals surface area contributed by atoms with Crippen molar-refractivity contribution in [3.8, 4) is 33.4 Å². The fraction of sp³-hybridized carbons (Fsp3) is 0.0667. The predicted molar refractivity (Wildman–Crippen MR) is 267 cm³/mol. The Kier molecular flexibility index (Phi) is 8.45. The molecule has 0 aliphatic heterocycles. The molecule has 8 aromatic carbocycles. The molecule has 3 aromatic heterocycles. The third-order valence-corrected chi connectivity index (χ3v) is 13.4. The summed E-state index contributed by atoms with van der Waals surface area (Å²) in [4.78, 5) is 2.35. The molecule has 13 rings (SSSR count). The summed E-state index contributed by atoms with van der Waals surface area (Å²) in [5.41, 5.74) is 16.8. The van der Waals surface area contributed by atoms with Crippen molar-refractivity contribution >= 4 is 77.9 Å². The zero-order chi connectivity index (χ0) is 42.1. The van der Waals surface area contributed by atoms with Crippen LogP contribution in [0.3, 0.4) is 0 Å². The lowest BCUT2D eigenvalue weighted by Gasteiger charge is -2.26. The van der Waals surface area contributed by atoms with Crippen LogP contribution in [0.25, 0.3) is 94.2 Å². The second-order valence-electron chi connectivity index (χ2n) is 17.1. The van der Waals surface area contributed by atoms with E-state index in [1.165, 1.54) is 55.0 Å². The maximum atomic E-state index is 6.23. The zero-order valence-corrected chi connectivity index (χ0v) is 35.1. The molecule has 1 unspecified atom stereocenters. The van der Waals surface area contributed by atoms with Crippen LogP contribution in [0.1, 0.15) is 30.2 Å². The van der Waals surface area contributed by atoms with Crippen LogP contribution in [0.15, 0.2) is 215 Å². The first-order valence-corrected chi connectivity index (χ1v) is 22.3. The molecule has 0 radical (unpaired) electrons. The fourth-order valence-electron chi connectivity index (χ4n) is 10.2. The smallest absolute Gasteiger partial charge is 0.135 e. The topological polar surface area (TPSA) is 34.5 Å². The summed E-state index contributed by atoms with van der Waals surface area (Å²) in [7, 11) is 0. The number of rotatable bonds is 7. The normalized spacial score (nSPS) is 14.7. The summed E-state index contributed by atoms with van der Waals surface area (Å²) in [6.07, 6.45) is 16.3. The van der Waals surface area contributed by atoms with Gasteiger partial charge in [-0.15, -0.1) is 0 Å². The fourth-order valence-corrected chi connectivity index (χ4v) is 10.2. The van der Waals surface area contributed by atoms with Crippen molar-refractivity contribution in [2.24, 2.45) is 0 Å². The van der Waals surface area contributed by atoms with E-state index in [1.54, 1.807) is 0 Å². The van der Waals surface area contributed by atoms with Gasteiger partial charge >= 0.3 is 0 Å². The first kappa shape index (κ1) is 36.6. The Morgan fingerprint density at radius 3 is 1.66 bits per heavy atom. The summed E-state index contributed by atoms with van der Waals surface area (Å²) < 4.78 is 14.9. The van der Waals surface area contributed by atoms with Gasteiger partial charge in [0.25, 0.3) is 0 Å². The van der Waals surface area contributed by atoms with Crippen molar-refractivity contribution in [1.29, 1.82) is 0 Å². The monoisotopic (exact) mass is 822 g/mol. The number of nitrogens with zero attached hydrogens (tertiary/aromatic N) is 2. The quantitative estimate of drug-likeness (QED) is 0.161. The molecule has 64 heavy (non-hydrogen) atoms. The zero-order valence-electron chi connectivity index (χ0n) is 35.1. The number of furan rings is 2. The summed E-state index contributed by atoms with van der Waals surface area (Å²) >= 11 is 0. The highest BCUT2D eigenvalue weighted by Gasteiger charge is 2.20. The van der Waals surface area contributed by atoms with Crippen LogP contribution < -0.4 is 4.90 Å². The Hall–Kier alpha value is -8.08. The molecule has 4 heteroatoms. The molecule has 0 spiro atoms. The molecule has 0 saturated heterocycles. The predicted octanol–water partition coefficient (Wildman–Crippen LogP) is 16.9. The molecule has 4 nitrogen and oxygen atoms in total. The molecule has 1 atom stereocenters. The van der Waals surface area contributed by atoms with Crippen molar-refractivity contribution in [2.75, 3.05) is 4.90 Å². The highest BCUT2D eigenvalue weighted by molar-refractivity contribution is 6.10. The number of hydrogen-bond acceptors (Lipinski definition) is 3. The number of hydrogen-bond donors (Lipinski definition) is 0. The average Bonchev–Trinajstić information content (AvgIpc) is 4.04. The second kappa shape index (κ2) is 14.8. The van der Waals surface area contributed by atoms with Gasteiger partial charge in [-0.3, -0.25) is 0 Å². The lowest BCUT2D eigenvalue weighted by atomic mass is 9.98. The van der Waals surface area contributed by atoms with Crippen molar-refractivity contribution in [1.82, 2.24) is 4.57 Å². The molecule has 304 valence electrons. The van der Waals surface area contributed by atoms with E-state index in [4.69, 9.17) is 8.83 Å². The van der Waals surface area contributed by atoms with Crippen molar-refractivity contribution in [3.05, 3.63) is 218 Å². The third-order valence-electron chi connectivity index (χ3n) is 13.4. The van der Waals surface area contributed by atoms with Crippen molar-refractivity contribution in [2.45, 2.75) is 25.3 Å². The number of aryl methyl sites for hydroxylation is 1. The van der Waals surface area contributed by atoms with Crippen LogP contribution >= 0.6 is 0 Å². The first-order chi connectivity index (χ1) is 31.7. The van der Waals surface area contributed by atoms with E-state index >= 15 is 0 Å². The molecule has 0 amide bonds. The number of allylic oxidation sites excluding steroid dienone is 5. The van der Waals surface area contributed by atoms with Gasteiger partial charge in [-0.2, -0.15) is 0 Å². The summed E-state index contributed by atoms with van der Waals surface area (Å²) in [5, 5.41) is 6.02.